The lowest BCUT2D eigenvalue weighted by Crippen LogP contribution is -2.26. The van der Waals surface area contributed by atoms with Crippen molar-refractivity contribution in [3.63, 3.8) is 0 Å². The second kappa shape index (κ2) is 7.62. The van der Waals surface area contributed by atoms with Crippen LogP contribution in [0.3, 0.4) is 0 Å². The maximum absolute atomic E-state index is 12.1. The number of thiazole rings is 1. The van der Waals surface area contributed by atoms with Crippen LogP contribution in [0.1, 0.15) is 39.8 Å². The second-order valence-electron chi connectivity index (χ2n) is 5.09. The molecule has 3 rings (SSSR count). The van der Waals surface area contributed by atoms with Crippen molar-refractivity contribution in [1.82, 2.24) is 20.3 Å². The van der Waals surface area contributed by atoms with Crippen LogP contribution >= 0.6 is 23.7 Å². The molecule has 0 atom stereocenters. The summed E-state index contributed by atoms with van der Waals surface area (Å²) in [6.45, 7) is 3.92. The van der Waals surface area contributed by atoms with Gasteiger partial charge in [-0.05, 0) is 38.8 Å². The van der Waals surface area contributed by atoms with Gasteiger partial charge in [0.05, 0.1) is 11.9 Å². The summed E-state index contributed by atoms with van der Waals surface area (Å²) in [4.78, 5) is 25.7. The van der Waals surface area contributed by atoms with Crippen LogP contribution in [0.2, 0.25) is 0 Å². The van der Waals surface area contributed by atoms with Gasteiger partial charge >= 0.3 is 0 Å². The molecule has 2 aromatic rings. The zero-order chi connectivity index (χ0) is 14.7. The number of nitrogens with zero attached hydrogens (tertiary/aromatic N) is 3. The molecule has 1 aliphatic heterocycles. The van der Waals surface area contributed by atoms with Gasteiger partial charge in [0, 0.05) is 17.3 Å². The molecule has 6 nitrogen and oxygen atoms in total. The van der Waals surface area contributed by atoms with Crippen LogP contribution < -0.4 is 10.6 Å². The zero-order valence-electron chi connectivity index (χ0n) is 12.2. The Kier molecular flexibility index (Phi) is 5.82. The summed E-state index contributed by atoms with van der Waals surface area (Å²) < 4.78 is 0. The summed E-state index contributed by atoms with van der Waals surface area (Å²) in [6, 6.07) is 0. The van der Waals surface area contributed by atoms with E-state index in [9.17, 15) is 4.79 Å². The molecule has 1 fully saturated rings. The van der Waals surface area contributed by atoms with Gasteiger partial charge in [-0.3, -0.25) is 15.1 Å². The van der Waals surface area contributed by atoms with Gasteiger partial charge in [-0.1, -0.05) is 0 Å². The van der Waals surface area contributed by atoms with Gasteiger partial charge in [-0.15, -0.1) is 23.7 Å². The Bertz CT molecular complexity index is 624. The first-order chi connectivity index (χ1) is 10.2. The van der Waals surface area contributed by atoms with Crippen LogP contribution in [0, 0.1) is 6.92 Å². The van der Waals surface area contributed by atoms with Gasteiger partial charge < -0.3 is 5.32 Å². The fourth-order valence-electron chi connectivity index (χ4n) is 2.31. The van der Waals surface area contributed by atoms with Gasteiger partial charge in [-0.25, -0.2) is 9.97 Å². The molecule has 8 heteroatoms. The minimum Gasteiger partial charge on any atom is -0.317 e. The third-order valence-corrected chi connectivity index (χ3v) is 4.57. The van der Waals surface area contributed by atoms with Crippen LogP contribution in [-0.2, 0) is 0 Å². The molecule has 1 aliphatic rings. The number of carbonyl (C=O) groups is 1. The topological polar surface area (TPSA) is 79.8 Å². The van der Waals surface area contributed by atoms with E-state index < -0.39 is 0 Å². The number of hydrogen-bond donors (Lipinski definition) is 2. The van der Waals surface area contributed by atoms with E-state index in [1.165, 1.54) is 11.1 Å². The molecule has 1 amide bonds. The van der Waals surface area contributed by atoms with Gasteiger partial charge in [0.2, 0.25) is 0 Å². The SMILES string of the molecule is Cc1cnc(C(=O)Nc2ncc(C3CCNCC3)s2)cn1.Cl. The maximum atomic E-state index is 12.1. The van der Waals surface area contributed by atoms with Crippen LogP contribution in [0.15, 0.2) is 18.6 Å². The number of carbonyl (C=O) groups excluding carboxylic acids is 1. The van der Waals surface area contributed by atoms with E-state index >= 15 is 0 Å². The lowest BCUT2D eigenvalue weighted by Gasteiger charge is -2.20. The number of nitrogens with one attached hydrogen (secondary N) is 2. The molecule has 118 valence electrons. The number of aryl methyl sites for hydroxylation is 1. The average molecular weight is 340 g/mol. The Morgan fingerprint density at radius 2 is 2.00 bits per heavy atom. The highest BCUT2D eigenvalue weighted by molar-refractivity contribution is 7.15. The van der Waals surface area contributed by atoms with Crippen LogP contribution in [0.5, 0.6) is 0 Å². The summed E-state index contributed by atoms with van der Waals surface area (Å²) in [5, 5.41) is 6.76. The number of amides is 1. The highest BCUT2D eigenvalue weighted by Crippen LogP contribution is 2.31. The van der Waals surface area contributed by atoms with E-state index in [0.717, 1.165) is 31.6 Å². The Morgan fingerprint density at radius 1 is 1.23 bits per heavy atom. The molecule has 2 N–H and O–H groups in total. The second-order valence-corrected chi connectivity index (χ2v) is 6.15. The van der Waals surface area contributed by atoms with Crippen molar-refractivity contribution in [1.29, 1.82) is 0 Å². The first-order valence-corrected chi connectivity index (χ1v) is 7.80. The van der Waals surface area contributed by atoms with Crippen LogP contribution in [0.25, 0.3) is 0 Å². The molecular weight excluding hydrogens is 322 g/mol. The molecule has 0 aliphatic carbocycles. The molecule has 0 unspecified atom stereocenters. The predicted molar refractivity (Wildman–Crippen MR) is 88.9 cm³/mol. The quantitative estimate of drug-likeness (QED) is 0.897. The third kappa shape index (κ3) is 4.00. The first-order valence-electron chi connectivity index (χ1n) is 6.99. The average Bonchev–Trinajstić information content (AvgIpc) is 2.97. The molecule has 0 saturated carbocycles. The molecule has 0 radical (unpaired) electrons. The number of rotatable bonds is 3. The minimum atomic E-state index is -0.270. The van der Waals surface area contributed by atoms with Crippen molar-refractivity contribution >= 4 is 34.8 Å². The van der Waals surface area contributed by atoms with Crippen molar-refractivity contribution in [3.8, 4) is 0 Å². The van der Waals surface area contributed by atoms with E-state index in [1.54, 1.807) is 17.5 Å². The molecule has 2 aromatic heterocycles. The molecule has 22 heavy (non-hydrogen) atoms. The monoisotopic (exact) mass is 339 g/mol. The Morgan fingerprint density at radius 3 is 2.68 bits per heavy atom. The minimum absolute atomic E-state index is 0. The zero-order valence-corrected chi connectivity index (χ0v) is 13.8. The first kappa shape index (κ1) is 16.8. The summed E-state index contributed by atoms with van der Waals surface area (Å²) in [5.41, 5.74) is 1.09. The summed E-state index contributed by atoms with van der Waals surface area (Å²) >= 11 is 1.55. The van der Waals surface area contributed by atoms with Gasteiger partial charge in [0.25, 0.3) is 5.91 Å². The van der Waals surface area contributed by atoms with Crippen molar-refractivity contribution in [2.24, 2.45) is 0 Å². The number of anilines is 1. The fourth-order valence-corrected chi connectivity index (χ4v) is 3.29. The van der Waals surface area contributed by atoms with Crippen molar-refractivity contribution in [2.45, 2.75) is 25.7 Å². The van der Waals surface area contributed by atoms with E-state index in [0.29, 0.717) is 16.7 Å². The summed E-state index contributed by atoms with van der Waals surface area (Å²) in [5.74, 6) is 0.280. The van der Waals surface area contributed by atoms with Crippen molar-refractivity contribution in [2.75, 3.05) is 18.4 Å². The number of hydrogen-bond acceptors (Lipinski definition) is 6. The molecule has 3 heterocycles. The van der Waals surface area contributed by atoms with Crippen LogP contribution in [-0.4, -0.2) is 33.9 Å². The smallest absolute Gasteiger partial charge is 0.277 e. The van der Waals surface area contributed by atoms with Crippen molar-refractivity contribution < 1.29 is 4.79 Å². The molecular formula is C14H18ClN5OS. The van der Waals surface area contributed by atoms with E-state index in [1.807, 2.05) is 13.1 Å². The summed E-state index contributed by atoms with van der Waals surface area (Å²) in [6.07, 6.45) is 7.18. The fraction of sp³-hybridized carbons (Fsp3) is 0.429. The molecule has 1 saturated heterocycles. The lowest BCUT2D eigenvalue weighted by molar-refractivity contribution is 0.102. The lowest BCUT2D eigenvalue weighted by atomic mass is 9.97. The highest BCUT2D eigenvalue weighted by Gasteiger charge is 2.18. The summed E-state index contributed by atoms with van der Waals surface area (Å²) in [7, 11) is 0. The predicted octanol–water partition coefficient (Wildman–Crippen LogP) is 2.38. The molecule has 0 spiro atoms. The van der Waals surface area contributed by atoms with E-state index in [4.69, 9.17) is 0 Å². The van der Waals surface area contributed by atoms with E-state index in [2.05, 4.69) is 25.6 Å². The third-order valence-electron chi connectivity index (χ3n) is 3.50. The van der Waals surface area contributed by atoms with Crippen molar-refractivity contribution in [3.05, 3.63) is 34.9 Å². The van der Waals surface area contributed by atoms with Gasteiger partial charge in [0.1, 0.15) is 5.69 Å². The Balaban J connectivity index is 0.00000176. The number of piperidine rings is 1. The molecule has 0 bridgehead atoms. The standard InChI is InChI=1S/C14H17N5OS.ClH/c1-9-6-17-11(7-16-9)13(20)19-14-18-8-12(21-14)10-2-4-15-5-3-10;/h6-8,10,15H,2-5H2,1H3,(H,18,19,20);1H. The normalized spacial score (nSPS) is 15.1. The van der Waals surface area contributed by atoms with Gasteiger partial charge in [-0.2, -0.15) is 0 Å². The van der Waals surface area contributed by atoms with Crippen LogP contribution in [0.4, 0.5) is 5.13 Å². The maximum Gasteiger partial charge on any atom is 0.277 e. The van der Waals surface area contributed by atoms with Gasteiger partial charge in [0.15, 0.2) is 5.13 Å². The number of halogens is 1. The Hall–Kier alpha value is -1.57. The largest absolute Gasteiger partial charge is 0.317 e. The van der Waals surface area contributed by atoms with E-state index in [-0.39, 0.29) is 18.3 Å². The highest BCUT2D eigenvalue weighted by atomic mass is 35.5. The molecule has 0 aromatic carbocycles. The number of aromatic nitrogens is 3. The Labute approximate surface area is 139 Å².